The van der Waals surface area contributed by atoms with Gasteiger partial charge in [0.05, 0.1) is 10.5 Å². The third kappa shape index (κ3) is 3.27. The van der Waals surface area contributed by atoms with Gasteiger partial charge in [0.25, 0.3) is 5.91 Å². The van der Waals surface area contributed by atoms with Crippen LogP contribution in [0.1, 0.15) is 10.4 Å². The Morgan fingerprint density at radius 2 is 1.96 bits per heavy atom. The first-order valence-corrected chi connectivity index (χ1v) is 7.71. The van der Waals surface area contributed by atoms with Crippen LogP contribution >= 0.6 is 34.8 Å². The number of nitrogens with zero attached hydrogens (tertiary/aromatic N) is 3. The van der Waals surface area contributed by atoms with E-state index in [0.717, 1.165) is 5.56 Å². The number of benzene rings is 2. The smallest absolute Gasteiger partial charge is 0.286 e. The summed E-state index contributed by atoms with van der Waals surface area (Å²) in [7, 11) is 0. The molecule has 0 aliphatic rings. The zero-order valence-electron chi connectivity index (χ0n) is 11.9. The van der Waals surface area contributed by atoms with E-state index < -0.39 is 0 Å². The molecule has 3 aromatic rings. The Kier molecular flexibility index (Phi) is 4.43. The van der Waals surface area contributed by atoms with Crippen molar-refractivity contribution in [1.82, 2.24) is 15.0 Å². The lowest BCUT2D eigenvalue weighted by Crippen LogP contribution is -2.20. The maximum Gasteiger partial charge on any atom is 0.286 e. The van der Waals surface area contributed by atoms with Crippen LogP contribution in [0.4, 0.5) is 0 Å². The molecule has 23 heavy (non-hydrogen) atoms. The third-order valence-corrected chi connectivity index (χ3v) is 3.91. The zero-order valence-corrected chi connectivity index (χ0v) is 14.2. The second kappa shape index (κ2) is 6.35. The lowest BCUT2D eigenvalue weighted by Gasteiger charge is -2.10. The van der Waals surface area contributed by atoms with E-state index in [0.29, 0.717) is 31.9 Å². The molecule has 0 unspecified atom stereocenters. The van der Waals surface area contributed by atoms with Crippen molar-refractivity contribution in [1.29, 1.82) is 0 Å². The number of fused-ring (bicyclic) bond motifs is 1. The molecule has 0 saturated carbocycles. The molecule has 2 aromatic carbocycles. The summed E-state index contributed by atoms with van der Waals surface area (Å²) in [6.45, 7) is 1.56. The van der Waals surface area contributed by atoms with Crippen molar-refractivity contribution < 1.29 is 9.53 Å². The van der Waals surface area contributed by atoms with Gasteiger partial charge in [-0.05, 0) is 42.8 Å². The van der Waals surface area contributed by atoms with Gasteiger partial charge >= 0.3 is 0 Å². The second-order valence-electron chi connectivity index (χ2n) is 4.85. The van der Waals surface area contributed by atoms with Gasteiger partial charge < -0.3 is 4.74 Å². The normalized spacial score (nSPS) is 11.0. The minimum Gasteiger partial charge on any atom is -0.482 e. The fourth-order valence-corrected chi connectivity index (χ4v) is 2.96. The predicted molar refractivity (Wildman–Crippen MR) is 89.9 cm³/mol. The molecule has 0 aliphatic carbocycles. The first-order valence-electron chi connectivity index (χ1n) is 6.58. The number of ether oxygens (including phenoxy) is 1. The maximum absolute atomic E-state index is 12.3. The second-order valence-corrected chi connectivity index (χ2v) is 6.13. The van der Waals surface area contributed by atoms with E-state index in [4.69, 9.17) is 39.5 Å². The Bertz CT molecular complexity index is 885. The molecule has 0 saturated heterocycles. The minimum absolute atomic E-state index is 0.233. The number of halogens is 3. The molecule has 5 nitrogen and oxygen atoms in total. The Morgan fingerprint density at radius 3 is 2.70 bits per heavy atom. The van der Waals surface area contributed by atoms with Crippen molar-refractivity contribution in [3.63, 3.8) is 0 Å². The van der Waals surface area contributed by atoms with Gasteiger partial charge in [0, 0.05) is 10.0 Å². The summed E-state index contributed by atoms with van der Waals surface area (Å²) in [4.78, 5) is 12.3. The standard InChI is InChI=1S/C15H10Cl3N3O2/c1-8-4-10(17)5-11(18)15(8)23-7-14(22)21-13-3-2-9(16)6-12(13)19-20-21/h2-6H,7H2,1H3. The Hall–Kier alpha value is -1.82. The first-order chi connectivity index (χ1) is 11.0. The molecule has 0 spiro atoms. The number of carbonyl (C=O) groups is 1. The molecular weight excluding hydrogens is 361 g/mol. The lowest BCUT2D eigenvalue weighted by molar-refractivity contribution is 0.0824. The van der Waals surface area contributed by atoms with Crippen LogP contribution in [0.5, 0.6) is 5.75 Å². The Morgan fingerprint density at radius 1 is 1.17 bits per heavy atom. The van der Waals surface area contributed by atoms with Crippen molar-refractivity contribution in [3.8, 4) is 5.75 Å². The number of carbonyl (C=O) groups excluding carboxylic acids is 1. The maximum atomic E-state index is 12.3. The van der Waals surface area contributed by atoms with E-state index in [-0.39, 0.29) is 12.5 Å². The number of hydrogen-bond donors (Lipinski definition) is 0. The van der Waals surface area contributed by atoms with Crippen LogP contribution in [0.3, 0.4) is 0 Å². The fourth-order valence-electron chi connectivity index (χ4n) is 2.15. The summed E-state index contributed by atoms with van der Waals surface area (Å²) < 4.78 is 6.70. The summed E-state index contributed by atoms with van der Waals surface area (Å²) >= 11 is 17.9. The Labute approximate surface area is 146 Å². The van der Waals surface area contributed by atoms with E-state index in [2.05, 4.69) is 10.3 Å². The minimum atomic E-state index is -0.375. The zero-order chi connectivity index (χ0) is 16.6. The molecule has 8 heteroatoms. The van der Waals surface area contributed by atoms with Gasteiger partial charge in [-0.25, -0.2) is 0 Å². The van der Waals surface area contributed by atoms with E-state index in [1.807, 2.05) is 0 Å². The Balaban J connectivity index is 1.82. The van der Waals surface area contributed by atoms with Crippen LogP contribution in [0.2, 0.25) is 15.1 Å². The van der Waals surface area contributed by atoms with E-state index >= 15 is 0 Å². The van der Waals surface area contributed by atoms with E-state index in [9.17, 15) is 4.79 Å². The SMILES string of the molecule is Cc1cc(Cl)cc(Cl)c1OCC(=O)n1nnc2cc(Cl)ccc21. The lowest BCUT2D eigenvalue weighted by atomic mass is 10.2. The highest BCUT2D eigenvalue weighted by Gasteiger charge is 2.15. The molecule has 0 bridgehead atoms. The molecule has 0 amide bonds. The number of hydrogen-bond acceptors (Lipinski definition) is 4. The van der Waals surface area contributed by atoms with Gasteiger partial charge in [-0.2, -0.15) is 4.68 Å². The molecule has 118 valence electrons. The van der Waals surface area contributed by atoms with Gasteiger partial charge in [0.1, 0.15) is 11.3 Å². The topological polar surface area (TPSA) is 57.0 Å². The van der Waals surface area contributed by atoms with Crippen LogP contribution in [0, 0.1) is 6.92 Å². The van der Waals surface area contributed by atoms with Crippen molar-refractivity contribution in [2.45, 2.75) is 6.92 Å². The average molecular weight is 371 g/mol. The molecular formula is C15H10Cl3N3O2. The van der Waals surface area contributed by atoms with Crippen molar-refractivity contribution in [2.75, 3.05) is 6.61 Å². The highest BCUT2D eigenvalue weighted by molar-refractivity contribution is 6.35. The molecule has 3 rings (SSSR count). The molecule has 1 aromatic heterocycles. The van der Waals surface area contributed by atoms with E-state index in [1.165, 1.54) is 4.68 Å². The van der Waals surface area contributed by atoms with Crippen LogP contribution in [-0.2, 0) is 0 Å². The molecule has 0 radical (unpaired) electrons. The van der Waals surface area contributed by atoms with Crippen molar-refractivity contribution in [2.24, 2.45) is 0 Å². The van der Waals surface area contributed by atoms with Gasteiger partial charge in [-0.1, -0.05) is 40.0 Å². The number of aromatic nitrogens is 3. The van der Waals surface area contributed by atoms with Gasteiger partial charge in [-0.3, -0.25) is 4.79 Å². The fraction of sp³-hybridized carbons (Fsp3) is 0.133. The summed E-state index contributed by atoms with van der Waals surface area (Å²) in [5, 5.41) is 9.12. The molecule has 0 atom stereocenters. The predicted octanol–water partition coefficient (Wildman–Crippen LogP) is 4.42. The third-order valence-electron chi connectivity index (χ3n) is 3.18. The average Bonchev–Trinajstić information content (AvgIpc) is 2.88. The van der Waals surface area contributed by atoms with Crippen LogP contribution in [0.15, 0.2) is 30.3 Å². The molecule has 0 N–H and O–H groups in total. The summed E-state index contributed by atoms with van der Waals surface area (Å²) in [5.74, 6) is 0.0390. The van der Waals surface area contributed by atoms with Crippen LogP contribution in [0.25, 0.3) is 11.0 Å². The highest BCUT2D eigenvalue weighted by Crippen LogP contribution is 2.31. The molecule has 0 aliphatic heterocycles. The monoisotopic (exact) mass is 369 g/mol. The highest BCUT2D eigenvalue weighted by atomic mass is 35.5. The largest absolute Gasteiger partial charge is 0.482 e. The van der Waals surface area contributed by atoms with Crippen molar-refractivity contribution >= 4 is 51.7 Å². The van der Waals surface area contributed by atoms with E-state index in [1.54, 1.807) is 37.3 Å². The quantitative estimate of drug-likeness (QED) is 0.685. The summed E-state index contributed by atoms with van der Waals surface area (Å²) in [6, 6.07) is 8.24. The van der Waals surface area contributed by atoms with Gasteiger partial charge in [0.2, 0.25) is 0 Å². The van der Waals surface area contributed by atoms with Gasteiger partial charge in [-0.15, -0.1) is 5.10 Å². The molecule has 1 heterocycles. The number of aryl methyl sites for hydroxylation is 1. The van der Waals surface area contributed by atoms with Crippen LogP contribution in [-0.4, -0.2) is 27.5 Å². The summed E-state index contributed by atoms with van der Waals surface area (Å²) in [6.07, 6.45) is 0. The molecule has 0 fully saturated rings. The van der Waals surface area contributed by atoms with Crippen molar-refractivity contribution in [3.05, 3.63) is 51.0 Å². The van der Waals surface area contributed by atoms with Gasteiger partial charge in [0.15, 0.2) is 6.61 Å². The van der Waals surface area contributed by atoms with Crippen LogP contribution < -0.4 is 4.74 Å². The number of rotatable bonds is 3. The first kappa shape index (κ1) is 16.1. The summed E-state index contributed by atoms with van der Waals surface area (Å²) in [5.41, 5.74) is 1.83.